The number of pyridine rings is 1. The smallest absolute Gasteiger partial charge is 0.168 e. The maximum Gasteiger partial charge on any atom is 0.168 e. The molecule has 1 aliphatic rings. The molecule has 0 N–H and O–H groups in total. The van der Waals surface area contributed by atoms with Gasteiger partial charge < -0.3 is 0 Å². The molecule has 0 spiro atoms. The molecule has 1 aliphatic carbocycles. The lowest BCUT2D eigenvalue weighted by Crippen LogP contribution is -2.14. The van der Waals surface area contributed by atoms with E-state index in [1.807, 2.05) is 27.7 Å². The second kappa shape index (κ2) is 6.29. The van der Waals surface area contributed by atoms with Crippen LogP contribution in [0.25, 0.3) is 10.8 Å². The van der Waals surface area contributed by atoms with Crippen LogP contribution in [0.3, 0.4) is 0 Å². The third kappa shape index (κ3) is 2.54. The Morgan fingerprint density at radius 2 is 1.65 bits per heavy atom. The first-order chi connectivity index (χ1) is 9.50. The van der Waals surface area contributed by atoms with Gasteiger partial charge in [-0.05, 0) is 34.4 Å². The van der Waals surface area contributed by atoms with Gasteiger partial charge in [-0.2, -0.15) is 0 Å². The number of hydrogen-bond donors (Lipinski definition) is 0. The van der Waals surface area contributed by atoms with E-state index < -0.39 is 11.6 Å². The number of halogens is 2. The number of hydrogen-bond acceptors (Lipinski definition) is 1. The average molecular weight is 279 g/mol. The van der Waals surface area contributed by atoms with Gasteiger partial charge in [0.15, 0.2) is 11.6 Å². The van der Waals surface area contributed by atoms with Crippen molar-refractivity contribution in [2.75, 3.05) is 0 Å². The summed E-state index contributed by atoms with van der Waals surface area (Å²) >= 11 is 0. The molecule has 20 heavy (non-hydrogen) atoms. The van der Waals surface area contributed by atoms with Gasteiger partial charge in [-0.1, -0.05) is 41.5 Å². The van der Waals surface area contributed by atoms with Crippen molar-refractivity contribution in [2.45, 2.75) is 53.4 Å². The Morgan fingerprint density at radius 3 is 2.25 bits per heavy atom. The standard InChI is InChI=1S/C13H11F2N.2C2H6/c1-13(2)4-7-3-10(14)12(15)8-5-16-6-9(13)11(7)8;2*1-2/h3,5-6H,4H2,1-2H3;2*1-2H3. The van der Waals surface area contributed by atoms with E-state index in [-0.39, 0.29) is 5.41 Å². The molecule has 0 atom stereocenters. The summed E-state index contributed by atoms with van der Waals surface area (Å²) in [6.45, 7) is 12.1. The van der Waals surface area contributed by atoms with Crippen molar-refractivity contribution >= 4 is 10.8 Å². The third-order valence-corrected chi connectivity index (χ3v) is 3.38. The Balaban J connectivity index is 0.000000461. The summed E-state index contributed by atoms with van der Waals surface area (Å²) in [5, 5.41) is 1.15. The molecule has 0 radical (unpaired) electrons. The van der Waals surface area contributed by atoms with Gasteiger partial charge in [-0.3, -0.25) is 4.98 Å². The highest BCUT2D eigenvalue weighted by Gasteiger charge is 2.33. The largest absolute Gasteiger partial charge is 0.264 e. The molecule has 3 heteroatoms. The van der Waals surface area contributed by atoms with Crippen LogP contribution in [0.1, 0.15) is 52.7 Å². The minimum absolute atomic E-state index is 0.0882. The van der Waals surface area contributed by atoms with Crippen LogP contribution >= 0.6 is 0 Å². The summed E-state index contributed by atoms with van der Waals surface area (Å²) in [4.78, 5) is 4.01. The minimum Gasteiger partial charge on any atom is -0.264 e. The van der Waals surface area contributed by atoms with Crippen LogP contribution in [0.15, 0.2) is 18.5 Å². The minimum atomic E-state index is -0.786. The topological polar surface area (TPSA) is 12.9 Å². The van der Waals surface area contributed by atoms with Crippen LogP contribution in [0, 0.1) is 11.6 Å². The van der Waals surface area contributed by atoms with Gasteiger partial charge in [0.2, 0.25) is 0 Å². The molecule has 0 saturated carbocycles. The van der Waals surface area contributed by atoms with E-state index in [1.165, 1.54) is 12.3 Å². The predicted octanol–water partition coefficient (Wildman–Crippen LogP) is 5.40. The summed E-state index contributed by atoms with van der Waals surface area (Å²) in [5.41, 5.74) is 1.81. The highest BCUT2D eigenvalue weighted by atomic mass is 19.2. The Hall–Kier alpha value is -1.51. The van der Waals surface area contributed by atoms with Crippen LogP contribution in [0.2, 0.25) is 0 Å². The van der Waals surface area contributed by atoms with Crippen molar-refractivity contribution in [1.82, 2.24) is 4.98 Å². The maximum atomic E-state index is 13.6. The summed E-state index contributed by atoms with van der Waals surface area (Å²) in [5.74, 6) is -1.56. The lowest BCUT2D eigenvalue weighted by atomic mass is 9.86. The SMILES string of the molecule is CC.CC.CC1(C)Cc2cc(F)c(F)c3cncc1c23. The molecule has 3 rings (SSSR count). The van der Waals surface area contributed by atoms with Gasteiger partial charge in [0.1, 0.15) is 0 Å². The second-order valence-electron chi connectivity index (χ2n) is 5.00. The van der Waals surface area contributed by atoms with E-state index >= 15 is 0 Å². The van der Waals surface area contributed by atoms with E-state index in [2.05, 4.69) is 18.8 Å². The first kappa shape index (κ1) is 16.5. The molecule has 0 unspecified atom stereocenters. The zero-order valence-corrected chi connectivity index (χ0v) is 13.1. The Morgan fingerprint density at radius 1 is 1.05 bits per heavy atom. The van der Waals surface area contributed by atoms with Crippen molar-refractivity contribution in [3.63, 3.8) is 0 Å². The molecule has 2 aromatic rings. The normalized spacial score (nSPS) is 14.2. The molecule has 1 heterocycles. The molecule has 0 aliphatic heterocycles. The number of benzene rings is 1. The summed E-state index contributed by atoms with van der Waals surface area (Å²) < 4.78 is 27.0. The second-order valence-corrected chi connectivity index (χ2v) is 5.00. The fourth-order valence-corrected chi connectivity index (χ4v) is 2.61. The quantitative estimate of drug-likeness (QED) is 0.629. The predicted molar refractivity (Wildman–Crippen MR) is 81.1 cm³/mol. The van der Waals surface area contributed by atoms with Crippen molar-refractivity contribution in [2.24, 2.45) is 0 Å². The van der Waals surface area contributed by atoms with Crippen LogP contribution in [0.5, 0.6) is 0 Å². The highest BCUT2D eigenvalue weighted by Crippen LogP contribution is 2.42. The summed E-state index contributed by atoms with van der Waals surface area (Å²) in [6, 6.07) is 1.32. The van der Waals surface area contributed by atoms with Crippen molar-refractivity contribution in [3.8, 4) is 0 Å². The van der Waals surface area contributed by atoms with E-state index in [1.54, 1.807) is 6.20 Å². The van der Waals surface area contributed by atoms with E-state index in [0.29, 0.717) is 5.39 Å². The Bertz CT molecular complexity index is 603. The van der Waals surface area contributed by atoms with Crippen molar-refractivity contribution in [3.05, 3.63) is 41.2 Å². The zero-order chi connectivity index (χ0) is 15.5. The molecule has 0 fully saturated rings. The lowest BCUT2D eigenvalue weighted by Gasteiger charge is -2.18. The Kier molecular flexibility index (Phi) is 5.21. The molecule has 0 amide bonds. The maximum absolute atomic E-state index is 13.6. The molecule has 1 aromatic heterocycles. The van der Waals surface area contributed by atoms with Crippen molar-refractivity contribution < 1.29 is 8.78 Å². The van der Waals surface area contributed by atoms with Gasteiger partial charge >= 0.3 is 0 Å². The molecule has 0 bridgehead atoms. The molecule has 1 nitrogen and oxygen atoms in total. The molecule has 1 aromatic carbocycles. The summed E-state index contributed by atoms with van der Waals surface area (Å²) in [6.07, 6.45) is 3.90. The monoisotopic (exact) mass is 279 g/mol. The number of rotatable bonds is 0. The molecule has 110 valence electrons. The van der Waals surface area contributed by atoms with Gasteiger partial charge in [-0.15, -0.1) is 0 Å². The summed E-state index contributed by atoms with van der Waals surface area (Å²) in [7, 11) is 0. The van der Waals surface area contributed by atoms with Crippen LogP contribution in [0.4, 0.5) is 8.78 Å². The highest BCUT2D eigenvalue weighted by molar-refractivity contribution is 5.91. The lowest BCUT2D eigenvalue weighted by molar-refractivity contribution is 0.513. The Labute approximate surface area is 120 Å². The molecular formula is C17H23F2N. The van der Waals surface area contributed by atoms with Crippen LogP contribution in [-0.2, 0) is 11.8 Å². The zero-order valence-electron chi connectivity index (χ0n) is 13.1. The first-order valence-corrected chi connectivity index (χ1v) is 7.26. The van der Waals surface area contributed by atoms with Crippen LogP contribution < -0.4 is 0 Å². The van der Waals surface area contributed by atoms with Gasteiger partial charge in [0.05, 0.1) is 0 Å². The van der Waals surface area contributed by atoms with E-state index in [4.69, 9.17) is 0 Å². The van der Waals surface area contributed by atoms with Crippen molar-refractivity contribution in [1.29, 1.82) is 0 Å². The van der Waals surface area contributed by atoms with Gasteiger partial charge in [0.25, 0.3) is 0 Å². The third-order valence-electron chi connectivity index (χ3n) is 3.38. The number of nitrogens with zero attached hydrogens (tertiary/aromatic N) is 1. The van der Waals surface area contributed by atoms with Crippen LogP contribution in [-0.4, -0.2) is 4.98 Å². The molecular weight excluding hydrogens is 256 g/mol. The van der Waals surface area contributed by atoms with E-state index in [9.17, 15) is 8.78 Å². The fraction of sp³-hybridized carbons (Fsp3) is 0.471. The van der Waals surface area contributed by atoms with E-state index in [0.717, 1.165) is 22.9 Å². The first-order valence-electron chi connectivity index (χ1n) is 7.26. The van der Waals surface area contributed by atoms with Gasteiger partial charge in [-0.25, -0.2) is 8.78 Å². The molecule has 0 saturated heterocycles. The fourth-order valence-electron chi connectivity index (χ4n) is 2.61. The number of aromatic nitrogens is 1. The average Bonchev–Trinajstić information content (AvgIpc) is 2.73. The van der Waals surface area contributed by atoms with Gasteiger partial charge in [0, 0.05) is 17.8 Å².